The topological polar surface area (TPSA) is 0 Å². The summed E-state index contributed by atoms with van der Waals surface area (Å²) < 4.78 is 15.1. The van der Waals surface area contributed by atoms with Gasteiger partial charge in [-0.05, 0) is 98.9 Å². The van der Waals surface area contributed by atoms with Gasteiger partial charge in [0, 0.05) is 10.9 Å². The number of rotatable bonds is 9. The lowest BCUT2D eigenvalue weighted by molar-refractivity contribution is 0.254. The van der Waals surface area contributed by atoms with Crippen LogP contribution < -0.4 is 0 Å². The lowest BCUT2D eigenvalue weighted by atomic mass is 9.78. The van der Waals surface area contributed by atoms with Gasteiger partial charge in [0.15, 0.2) is 0 Å². The molecule has 0 N–H and O–H groups in total. The zero-order valence-corrected chi connectivity index (χ0v) is 22.6. The normalized spacial score (nSPS) is 17.9. The fraction of sp³-hybridized carbons (Fsp3) is 0.389. The molecule has 1 aliphatic rings. The molecule has 0 bridgehead atoms. The van der Waals surface area contributed by atoms with E-state index in [-0.39, 0.29) is 5.82 Å². The predicted octanol–water partition coefficient (Wildman–Crippen LogP) is 9.98. The summed E-state index contributed by atoms with van der Waals surface area (Å²) in [5.74, 6) is 7.82. The van der Waals surface area contributed by atoms with E-state index in [0.29, 0.717) is 10.9 Å². The number of hydrogen-bond acceptors (Lipinski definition) is 0. The summed E-state index contributed by atoms with van der Waals surface area (Å²) >= 11 is 0. The maximum absolute atomic E-state index is 15.1. The first kappa shape index (κ1) is 26.9. The highest BCUT2D eigenvalue weighted by Gasteiger charge is 2.20. The van der Waals surface area contributed by atoms with Crippen LogP contribution in [0.4, 0.5) is 4.39 Å². The number of benzene rings is 3. The first-order valence-corrected chi connectivity index (χ1v) is 14.2. The van der Waals surface area contributed by atoms with Crippen molar-refractivity contribution in [3.05, 3.63) is 107 Å². The Kier molecular flexibility index (Phi) is 10.2. The third-order valence-corrected chi connectivity index (χ3v) is 7.93. The highest BCUT2D eigenvalue weighted by atomic mass is 19.1. The zero-order chi connectivity index (χ0) is 25.9. The second kappa shape index (κ2) is 14.0. The quantitative estimate of drug-likeness (QED) is 0.206. The van der Waals surface area contributed by atoms with Crippen LogP contribution in [0.25, 0.3) is 10.8 Å². The Hall–Kier alpha value is -3.11. The van der Waals surface area contributed by atoms with Gasteiger partial charge in [0.05, 0.1) is 5.56 Å². The van der Waals surface area contributed by atoms with Crippen molar-refractivity contribution < 1.29 is 4.39 Å². The highest BCUT2D eigenvalue weighted by molar-refractivity contribution is 5.85. The van der Waals surface area contributed by atoms with E-state index in [0.717, 1.165) is 42.0 Å². The summed E-state index contributed by atoms with van der Waals surface area (Å²) in [6.07, 6.45) is 21.3. The summed E-state index contributed by atoms with van der Waals surface area (Å²) in [4.78, 5) is 0. The lowest BCUT2D eigenvalue weighted by Crippen LogP contribution is -2.15. The maximum Gasteiger partial charge on any atom is 0.146 e. The molecule has 0 aromatic heterocycles. The number of halogens is 1. The second-order valence-corrected chi connectivity index (χ2v) is 10.6. The molecule has 0 spiro atoms. The molecule has 0 radical (unpaired) electrons. The summed E-state index contributed by atoms with van der Waals surface area (Å²) in [5.41, 5.74) is 4.00. The van der Waals surface area contributed by atoms with Crippen LogP contribution in [0.2, 0.25) is 0 Å². The average molecular weight is 493 g/mol. The molecule has 0 unspecified atom stereocenters. The molecule has 3 aromatic carbocycles. The first-order valence-electron chi connectivity index (χ1n) is 14.2. The fourth-order valence-electron chi connectivity index (χ4n) is 5.58. The molecule has 1 fully saturated rings. The first-order chi connectivity index (χ1) is 18.2. The minimum Gasteiger partial charge on any atom is -0.205 e. The Morgan fingerprint density at radius 3 is 2.14 bits per heavy atom. The van der Waals surface area contributed by atoms with Crippen molar-refractivity contribution in [1.82, 2.24) is 0 Å². The van der Waals surface area contributed by atoms with Gasteiger partial charge < -0.3 is 0 Å². The average Bonchev–Trinajstić information content (AvgIpc) is 2.93. The van der Waals surface area contributed by atoms with E-state index in [9.17, 15) is 0 Å². The van der Waals surface area contributed by atoms with Crippen molar-refractivity contribution in [2.45, 2.75) is 78.1 Å². The SMILES string of the molecule is C/C=C/CCc1ccc2c(F)c(C#Cc3ccc(CCC4CCC(CC/C=C/C)CC4)cc3)ccc2c1. The van der Waals surface area contributed by atoms with E-state index in [2.05, 4.69) is 73.4 Å². The lowest BCUT2D eigenvalue weighted by Gasteiger charge is -2.28. The third-order valence-electron chi connectivity index (χ3n) is 7.93. The number of allylic oxidation sites excluding steroid dienone is 4. The van der Waals surface area contributed by atoms with Crippen LogP contribution in [0.5, 0.6) is 0 Å². The van der Waals surface area contributed by atoms with Crippen molar-refractivity contribution in [1.29, 1.82) is 0 Å². The molecule has 1 aliphatic carbocycles. The largest absolute Gasteiger partial charge is 0.205 e. The maximum atomic E-state index is 15.1. The van der Waals surface area contributed by atoms with Gasteiger partial charge in [-0.3, -0.25) is 0 Å². The van der Waals surface area contributed by atoms with Crippen molar-refractivity contribution in [2.75, 3.05) is 0 Å². The van der Waals surface area contributed by atoms with Gasteiger partial charge in [-0.2, -0.15) is 0 Å². The third kappa shape index (κ3) is 7.93. The van der Waals surface area contributed by atoms with Crippen LogP contribution in [-0.4, -0.2) is 0 Å². The minimum absolute atomic E-state index is 0.224. The molecule has 192 valence electrons. The van der Waals surface area contributed by atoms with Gasteiger partial charge in [0.25, 0.3) is 0 Å². The zero-order valence-electron chi connectivity index (χ0n) is 22.6. The second-order valence-electron chi connectivity index (χ2n) is 10.6. The molecule has 37 heavy (non-hydrogen) atoms. The van der Waals surface area contributed by atoms with Crippen LogP contribution in [0.3, 0.4) is 0 Å². The van der Waals surface area contributed by atoms with E-state index in [1.54, 1.807) is 0 Å². The molecule has 0 heterocycles. The summed E-state index contributed by atoms with van der Waals surface area (Å²) in [7, 11) is 0. The van der Waals surface area contributed by atoms with E-state index in [4.69, 9.17) is 0 Å². The van der Waals surface area contributed by atoms with Crippen molar-refractivity contribution in [3.8, 4) is 11.8 Å². The highest BCUT2D eigenvalue weighted by Crippen LogP contribution is 2.34. The van der Waals surface area contributed by atoms with Gasteiger partial charge in [-0.15, -0.1) is 0 Å². The monoisotopic (exact) mass is 492 g/mol. The van der Waals surface area contributed by atoms with Crippen LogP contribution in [0, 0.1) is 29.5 Å². The van der Waals surface area contributed by atoms with E-state index in [1.165, 1.54) is 56.1 Å². The Bertz CT molecular complexity index is 1260. The summed E-state index contributed by atoms with van der Waals surface area (Å²) in [6.45, 7) is 4.15. The fourth-order valence-corrected chi connectivity index (χ4v) is 5.58. The summed E-state index contributed by atoms with van der Waals surface area (Å²) in [6, 6.07) is 18.4. The molecule has 0 nitrogen and oxygen atoms in total. The number of hydrogen-bond donors (Lipinski definition) is 0. The Morgan fingerprint density at radius 2 is 1.41 bits per heavy atom. The van der Waals surface area contributed by atoms with Crippen molar-refractivity contribution in [3.63, 3.8) is 0 Å². The molecule has 3 aromatic rings. The Labute approximate surface area is 223 Å². The van der Waals surface area contributed by atoms with Gasteiger partial charge in [0.1, 0.15) is 5.82 Å². The molecule has 0 aliphatic heterocycles. The number of fused-ring (bicyclic) bond motifs is 1. The van der Waals surface area contributed by atoms with Crippen molar-refractivity contribution in [2.24, 2.45) is 11.8 Å². The molecule has 4 rings (SSSR count). The Balaban J connectivity index is 1.30. The van der Waals surface area contributed by atoms with Gasteiger partial charge >= 0.3 is 0 Å². The van der Waals surface area contributed by atoms with Crippen LogP contribution >= 0.6 is 0 Å². The smallest absolute Gasteiger partial charge is 0.146 e. The standard InChI is InChI=1S/C36H41F/c1-3-5-7-9-28-11-13-29(14-12-28)15-16-30-17-19-31(20-18-30)21-23-33-24-25-34-27-32(10-8-6-4-2)22-26-35(34)36(33)37/h3-6,17-20,22,24-29H,7-16H2,1-2H3/b5-3+,6-4+. The van der Waals surface area contributed by atoms with E-state index < -0.39 is 0 Å². The summed E-state index contributed by atoms with van der Waals surface area (Å²) in [5, 5.41) is 1.58. The van der Waals surface area contributed by atoms with Gasteiger partial charge in [0.2, 0.25) is 0 Å². The predicted molar refractivity (Wildman–Crippen MR) is 157 cm³/mol. The van der Waals surface area contributed by atoms with Gasteiger partial charge in [-0.1, -0.05) is 98.2 Å². The molecule has 0 saturated heterocycles. The van der Waals surface area contributed by atoms with Crippen LogP contribution in [0.15, 0.2) is 78.9 Å². The van der Waals surface area contributed by atoms with Crippen molar-refractivity contribution >= 4 is 10.8 Å². The van der Waals surface area contributed by atoms with Crippen LogP contribution in [-0.2, 0) is 12.8 Å². The van der Waals surface area contributed by atoms with E-state index >= 15 is 4.39 Å². The minimum atomic E-state index is -0.224. The van der Waals surface area contributed by atoms with Gasteiger partial charge in [-0.25, -0.2) is 4.39 Å². The van der Waals surface area contributed by atoms with Crippen LogP contribution in [0.1, 0.15) is 87.5 Å². The molecular formula is C36H41F. The Morgan fingerprint density at radius 1 is 0.730 bits per heavy atom. The molecule has 0 amide bonds. The van der Waals surface area contributed by atoms with E-state index in [1.807, 2.05) is 31.2 Å². The number of aryl methyl sites for hydroxylation is 2. The molecule has 0 atom stereocenters. The molecule has 1 saturated carbocycles. The molecular weight excluding hydrogens is 451 g/mol. The molecule has 1 heteroatoms.